The van der Waals surface area contributed by atoms with Gasteiger partial charge in [-0.1, -0.05) is 24.3 Å². The average Bonchev–Trinajstić information content (AvgIpc) is 3.19. The molecule has 0 aliphatic heterocycles. The van der Waals surface area contributed by atoms with Gasteiger partial charge in [-0.25, -0.2) is 13.8 Å². The summed E-state index contributed by atoms with van der Waals surface area (Å²) < 4.78 is 26.8. The molecule has 2 aromatic rings. The van der Waals surface area contributed by atoms with Gasteiger partial charge in [0.15, 0.2) is 0 Å². The molecule has 2 aliphatic rings. The number of halogens is 2. The van der Waals surface area contributed by atoms with E-state index in [1.54, 1.807) is 12.1 Å². The Labute approximate surface area is 172 Å². The number of alkyl halides is 2. The third-order valence-corrected chi connectivity index (χ3v) is 6.03. The first-order chi connectivity index (χ1) is 14.2. The van der Waals surface area contributed by atoms with Crippen molar-refractivity contribution in [2.24, 2.45) is 11.8 Å². The standard InChI is InChI=1S/C22H23F2N3O3/c1-11-5-3-4-6-13(11)19(28)16-7-12(8-17(26-16)21(30)25-2)20(29)27-18-14-9-22(23,24)10-15(14)18/h3-8,14-15,18-19,28H,9-10H2,1-2H3,(H,25,30)(H,27,29)/t14-,15+,18?,19?. The Bertz CT molecular complexity index is 997. The highest BCUT2D eigenvalue weighted by molar-refractivity contribution is 5.99. The van der Waals surface area contributed by atoms with Gasteiger partial charge >= 0.3 is 0 Å². The Kier molecular flexibility index (Phi) is 5.05. The van der Waals surface area contributed by atoms with E-state index in [1.807, 2.05) is 19.1 Å². The summed E-state index contributed by atoms with van der Waals surface area (Å²) in [6, 6.07) is 9.72. The van der Waals surface area contributed by atoms with Crippen LogP contribution >= 0.6 is 0 Å². The van der Waals surface area contributed by atoms with E-state index in [2.05, 4.69) is 15.6 Å². The SMILES string of the molecule is CNC(=O)c1cc(C(=O)NC2[C@H]3CC(F)(F)C[C@@H]23)cc(C(O)c2ccccc2C)n1. The summed E-state index contributed by atoms with van der Waals surface area (Å²) in [5, 5.41) is 16.1. The van der Waals surface area contributed by atoms with Crippen LogP contribution < -0.4 is 10.6 Å². The predicted octanol–water partition coefficient (Wildman–Crippen LogP) is 2.60. The molecule has 2 saturated carbocycles. The highest BCUT2D eigenvalue weighted by atomic mass is 19.3. The smallest absolute Gasteiger partial charge is 0.269 e. The second-order valence-electron chi connectivity index (χ2n) is 8.10. The van der Waals surface area contributed by atoms with Crippen molar-refractivity contribution in [2.45, 2.75) is 37.8 Å². The molecule has 158 valence electrons. The minimum atomic E-state index is -2.65. The fraction of sp³-hybridized carbons (Fsp3) is 0.409. The van der Waals surface area contributed by atoms with Gasteiger partial charge in [-0.15, -0.1) is 0 Å². The number of pyridine rings is 1. The Morgan fingerprint density at radius 2 is 1.83 bits per heavy atom. The number of aromatic nitrogens is 1. The van der Waals surface area contributed by atoms with Gasteiger partial charge in [-0.3, -0.25) is 9.59 Å². The van der Waals surface area contributed by atoms with Crippen molar-refractivity contribution in [1.29, 1.82) is 0 Å². The maximum absolute atomic E-state index is 13.4. The van der Waals surface area contributed by atoms with Crippen molar-refractivity contribution in [3.05, 3.63) is 64.5 Å². The normalized spacial score (nSPS) is 24.6. The molecular weight excluding hydrogens is 392 g/mol. The molecule has 8 heteroatoms. The van der Waals surface area contributed by atoms with Crippen molar-refractivity contribution in [3.8, 4) is 0 Å². The van der Waals surface area contributed by atoms with E-state index < -0.39 is 23.8 Å². The fourth-order valence-corrected chi connectivity index (χ4v) is 4.34. The largest absolute Gasteiger partial charge is 0.382 e. The molecule has 0 saturated heterocycles. The topological polar surface area (TPSA) is 91.3 Å². The van der Waals surface area contributed by atoms with Gasteiger partial charge in [0.2, 0.25) is 5.92 Å². The lowest BCUT2D eigenvalue weighted by Crippen LogP contribution is -2.32. The summed E-state index contributed by atoms with van der Waals surface area (Å²) in [7, 11) is 1.44. The minimum Gasteiger partial charge on any atom is -0.382 e. The molecule has 0 spiro atoms. The van der Waals surface area contributed by atoms with Crippen LogP contribution in [-0.2, 0) is 0 Å². The maximum atomic E-state index is 13.4. The van der Waals surface area contributed by atoms with Crippen LogP contribution in [0.2, 0.25) is 0 Å². The maximum Gasteiger partial charge on any atom is 0.269 e. The minimum absolute atomic E-state index is 0.00434. The number of nitrogens with one attached hydrogen (secondary N) is 2. The molecule has 1 aromatic carbocycles. The van der Waals surface area contributed by atoms with Crippen molar-refractivity contribution in [3.63, 3.8) is 0 Å². The molecule has 1 aromatic heterocycles. The number of hydrogen-bond acceptors (Lipinski definition) is 4. The van der Waals surface area contributed by atoms with Crippen molar-refractivity contribution < 1.29 is 23.5 Å². The molecule has 2 fully saturated rings. The number of aliphatic hydroxyl groups excluding tert-OH is 1. The summed E-state index contributed by atoms with van der Waals surface area (Å²) >= 11 is 0. The lowest BCUT2D eigenvalue weighted by atomic mass is 9.99. The predicted molar refractivity (Wildman–Crippen MR) is 105 cm³/mol. The number of fused-ring (bicyclic) bond motifs is 1. The third-order valence-electron chi connectivity index (χ3n) is 6.03. The van der Waals surface area contributed by atoms with Crippen molar-refractivity contribution in [1.82, 2.24) is 15.6 Å². The zero-order valence-electron chi connectivity index (χ0n) is 16.7. The first-order valence-electron chi connectivity index (χ1n) is 9.86. The van der Waals surface area contributed by atoms with Crippen LogP contribution in [0.1, 0.15) is 56.6 Å². The van der Waals surface area contributed by atoms with E-state index in [1.165, 1.54) is 19.2 Å². The van der Waals surface area contributed by atoms with E-state index in [0.29, 0.717) is 5.56 Å². The number of benzene rings is 1. The summed E-state index contributed by atoms with van der Waals surface area (Å²) in [4.78, 5) is 29.2. The Morgan fingerprint density at radius 1 is 1.17 bits per heavy atom. The molecule has 0 radical (unpaired) electrons. The van der Waals surface area contributed by atoms with Crippen LogP contribution in [-0.4, -0.2) is 40.9 Å². The Morgan fingerprint density at radius 3 is 2.47 bits per heavy atom. The summed E-state index contributed by atoms with van der Waals surface area (Å²) in [6.07, 6.45) is -1.54. The van der Waals surface area contributed by atoms with Gasteiger partial charge in [0.1, 0.15) is 11.8 Å². The first kappa shape index (κ1) is 20.4. The molecule has 4 atom stereocenters. The monoisotopic (exact) mass is 415 g/mol. The van der Waals surface area contributed by atoms with E-state index in [-0.39, 0.29) is 47.7 Å². The average molecular weight is 415 g/mol. The number of hydrogen-bond donors (Lipinski definition) is 3. The van der Waals surface area contributed by atoms with E-state index in [0.717, 1.165) is 5.56 Å². The van der Waals surface area contributed by atoms with Crippen LogP contribution in [0.3, 0.4) is 0 Å². The number of aryl methyl sites for hydroxylation is 1. The molecule has 0 bridgehead atoms. The van der Waals surface area contributed by atoms with Crippen LogP contribution in [0.4, 0.5) is 8.78 Å². The zero-order valence-corrected chi connectivity index (χ0v) is 16.7. The summed E-state index contributed by atoms with van der Waals surface area (Å²) in [6.45, 7) is 1.84. The second-order valence-corrected chi connectivity index (χ2v) is 8.10. The molecule has 30 heavy (non-hydrogen) atoms. The van der Waals surface area contributed by atoms with Gasteiger partial charge < -0.3 is 15.7 Å². The number of carbonyl (C=O) groups excluding carboxylic acids is 2. The van der Waals surface area contributed by atoms with Crippen LogP contribution in [0.15, 0.2) is 36.4 Å². The van der Waals surface area contributed by atoms with Crippen LogP contribution in [0, 0.1) is 18.8 Å². The molecule has 2 unspecified atom stereocenters. The highest BCUT2D eigenvalue weighted by Crippen LogP contribution is 2.58. The fourth-order valence-electron chi connectivity index (χ4n) is 4.34. The quantitative estimate of drug-likeness (QED) is 0.700. The van der Waals surface area contributed by atoms with Gasteiger partial charge in [0, 0.05) is 31.5 Å². The third kappa shape index (κ3) is 3.79. The van der Waals surface area contributed by atoms with Crippen LogP contribution in [0.25, 0.3) is 0 Å². The molecular formula is C22H23F2N3O3. The van der Waals surface area contributed by atoms with Crippen LogP contribution in [0.5, 0.6) is 0 Å². The zero-order chi connectivity index (χ0) is 21.6. The Hall–Kier alpha value is -2.87. The summed E-state index contributed by atoms with van der Waals surface area (Å²) in [5.41, 5.74) is 1.77. The van der Waals surface area contributed by atoms with Crippen molar-refractivity contribution >= 4 is 11.8 Å². The van der Waals surface area contributed by atoms with E-state index in [9.17, 15) is 23.5 Å². The number of nitrogens with zero attached hydrogens (tertiary/aromatic N) is 1. The second kappa shape index (κ2) is 7.43. The Balaban J connectivity index is 1.60. The first-order valence-corrected chi connectivity index (χ1v) is 9.86. The molecule has 6 nitrogen and oxygen atoms in total. The van der Waals surface area contributed by atoms with Gasteiger partial charge in [-0.05, 0) is 42.0 Å². The van der Waals surface area contributed by atoms with E-state index >= 15 is 0 Å². The molecule has 4 rings (SSSR count). The summed E-state index contributed by atoms with van der Waals surface area (Å²) in [5.74, 6) is -4.03. The van der Waals surface area contributed by atoms with Crippen molar-refractivity contribution in [2.75, 3.05) is 7.05 Å². The molecule has 2 amide bonds. The number of carbonyl (C=O) groups is 2. The van der Waals surface area contributed by atoms with Gasteiger partial charge in [0.25, 0.3) is 11.8 Å². The molecule has 3 N–H and O–H groups in total. The highest BCUT2D eigenvalue weighted by Gasteiger charge is 2.63. The van der Waals surface area contributed by atoms with E-state index in [4.69, 9.17) is 0 Å². The number of rotatable bonds is 5. The lowest BCUT2D eigenvalue weighted by molar-refractivity contribution is -0.00623. The molecule has 1 heterocycles. The molecule has 2 aliphatic carbocycles. The number of aliphatic hydroxyl groups is 1. The van der Waals surface area contributed by atoms with Gasteiger partial charge in [-0.2, -0.15) is 0 Å². The van der Waals surface area contributed by atoms with Gasteiger partial charge in [0.05, 0.1) is 5.69 Å². The lowest BCUT2D eigenvalue weighted by Gasteiger charge is -2.17. The number of amides is 2.